The summed E-state index contributed by atoms with van der Waals surface area (Å²) in [5.41, 5.74) is 2.41. The van der Waals surface area contributed by atoms with Gasteiger partial charge in [-0.3, -0.25) is 0 Å². The zero-order valence-electron chi connectivity index (χ0n) is 10.5. The first-order chi connectivity index (χ1) is 9.13. The lowest BCUT2D eigenvalue weighted by Crippen LogP contribution is -2.20. The highest BCUT2D eigenvalue weighted by Gasteiger charge is 2.22. The normalized spacial score (nSPS) is 13.6. The summed E-state index contributed by atoms with van der Waals surface area (Å²) in [5, 5.41) is 12.9. The minimum absolute atomic E-state index is 0.301. The Morgan fingerprint density at radius 1 is 1.53 bits per heavy atom. The van der Waals surface area contributed by atoms with Crippen molar-refractivity contribution in [1.29, 1.82) is 0 Å². The van der Waals surface area contributed by atoms with E-state index >= 15 is 0 Å². The SMILES string of the molecule is Cc1nc(CN2CCc3ccc(C(=O)O)cc32)no1. The van der Waals surface area contributed by atoms with Crippen molar-refractivity contribution in [2.45, 2.75) is 19.9 Å². The molecule has 2 heterocycles. The van der Waals surface area contributed by atoms with E-state index in [1.54, 1.807) is 19.1 Å². The molecule has 0 saturated carbocycles. The maximum atomic E-state index is 11.0. The number of aryl methyl sites for hydroxylation is 1. The molecule has 98 valence electrons. The van der Waals surface area contributed by atoms with Crippen LogP contribution >= 0.6 is 0 Å². The van der Waals surface area contributed by atoms with E-state index in [-0.39, 0.29) is 0 Å². The molecule has 19 heavy (non-hydrogen) atoms. The van der Waals surface area contributed by atoms with Gasteiger partial charge in [-0.05, 0) is 24.1 Å². The highest BCUT2D eigenvalue weighted by atomic mass is 16.5. The van der Waals surface area contributed by atoms with Crippen LogP contribution in [0.25, 0.3) is 0 Å². The van der Waals surface area contributed by atoms with Gasteiger partial charge in [0.15, 0.2) is 5.82 Å². The summed E-state index contributed by atoms with van der Waals surface area (Å²) in [4.78, 5) is 17.3. The topological polar surface area (TPSA) is 79.5 Å². The van der Waals surface area contributed by atoms with Gasteiger partial charge in [0.25, 0.3) is 0 Å². The molecule has 6 heteroatoms. The maximum absolute atomic E-state index is 11.0. The summed E-state index contributed by atoms with van der Waals surface area (Å²) in [6, 6.07) is 5.22. The third kappa shape index (κ3) is 2.16. The lowest BCUT2D eigenvalue weighted by Gasteiger charge is -2.17. The molecule has 1 aromatic carbocycles. The smallest absolute Gasteiger partial charge is 0.335 e. The first kappa shape index (κ1) is 11.7. The first-order valence-electron chi connectivity index (χ1n) is 6.04. The molecule has 1 aliphatic rings. The second-order valence-electron chi connectivity index (χ2n) is 4.55. The molecule has 0 amide bonds. The predicted molar refractivity (Wildman–Crippen MR) is 67.2 cm³/mol. The van der Waals surface area contributed by atoms with E-state index in [0.29, 0.717) is 23.8 Å². The number of aromatic carboxylic acids is 1. The third-order valence-corrected chi connectivity index (χ3v) is 3.23. The van der Waals surface area contributed by atoms with Crippen molar-refractivity contribution in [1.82, 2.24) is 10.1 Å². The van der Waals surface area contributed by atoms with Crippen molar-refractivity contribution in [3.63, 3.8) is 0 Å². The number of carbonyl (C=O) groups is 1. The number of hydrogen-bond acceptors (Lipinski definition) is 5. The summed E-state index contributed by atoms with van der Waals surface area (Å²) in [6.07, 6.45) is 0.909. The Hall–Kier alpha value is -2.37. The Morgan fingerprint density at radius 3 is 3.05 bits per heavy atom. The number of rotatable bonds is 3. The average Bonchev–Trinajstić information content (AvgIpc) is 2.96. The van der Waals surface area contributed by atoms with E-state index in [0.717, 1.165) is 24.2 Å². The minimum atomic E-state index is -0.912. The average molecular weight is 259 g/mol. The molecule has 0 aliphatic carbocycles. The molecule has 1 aromatic heterocycles. The summed E-state index contributed by atoms with van der Waals surface area (Å²) in [5.74, 6) is 0.241. The zero-order valence-corrected chi connectivity index (χ0v) is 10.5. The summed E-state index contributed by atoms with van der Waals surface area (Å²) < 4.78 is 4.94. The van der Waals surface area contributed by atoms with Crippen molar-refractivity contribution in [2.75, 3.05) is 11.4 Å². The van der Waals surface area contributed by atoms with E-state index in [1.807, 2.05) is 6.07 Å². The van der Waals surface area contributed by atoms with Gasteiger partial charge in [0, 0.05) is 19.2 Å². The van der Waals surface area contributed by atoms with Crippen molar-refractivity contribution < 1.29 is 14.4 Å². The Balaban J connectivity index is 1.88. The van der Waals surface area contributed by atoms with E-state index in [9.17, 15) is 4.79 Å². The summed E-state index contributed by atoms with van der Waals surface area (Å²) in [6.45, 7) is 3.12. The van der Waals surface area contributed by atoms with Crippen LogP contribution in [0.2, 0.25) is 0 Å². The lowest BCUT2D eigenvalue weighted by molar-refractivity contribution is 0.0697. The van der Waals surface area contributed by atoms with Crippen molar-refractivity contribution in [3.8, 4) is 0 Å². The van der Waals surface area contributed by atoms with Crippen molar-refractivity contribution >= 4 is 11.7 Å². The molecule has 3 rings (SSSR count). The van der Waals surface area contributed by atoms with Gasteiger partial charge >= 0.3 is 5.97 Å². The number of anilines is 1. The Morgan fingerprint density at radius 2 is 2.37 bits per heavy atom. The highest BCUT2D eigenvalue weighted by molar-refractivity contribution is 5.89. The number of hydrogen-bond donors (Lipinski definition) is 1. The monoisotopic (exact) mass is 259 g/mol. The number of carboxylic acid groups (broad SMARTS) is 1. The molecule has 0 bridgehead atoms. The number of aromatic nitrogens is 2. The van der Waals surface area contributed by atoms with Crippen molar-refractivity contribution in [3.05, 3.63) is 41.0 Å². The van der Waals surface area contributed by atoms with Crippen LogP contribution < -0.4 is 4.90 Å². The Bertz CT molecular complexity index is 636. The van der Waals surface area contributed by atoms with E-state index in [4.69, 9.17) is 9.63 Å². The van der Waals surface area contributed by atoms with Crippen LogP contribution in [0, 0.1) is 6.92 Å². The van der Waals surface area contributed by atoms with Gasteiger partial charge in [0.1, 0.15) is 0 Å². The molecule has 2 aromatic rings. The fourth-order valence-corrected chi connectivity index (χ4v) is 2.32. The Kier molecular flexibility index (Phi) is 2.70. The van der Waals surface area contributed by atoms with Crippen LogP contribution in [0.5, 0.6) is 0 Å². The molecular formula is C13H13N3O3. The van der Waals surface area contributed by atoms with Crippen LogP contribution in [0.3, 0.4) is 0 Å². The number of fused-ring (bicyclic) bond motifs is 1. The fourth-order valence-electron chi connectivity index (χ4n) is 2.32. The van der Waals surface area contributed by atoms with Crippen LogP contribution in [0.1, 0.15) is 27.6 Å². The van der Waals surface area contributed by atoms with Crippen LogP contribution in [-0.2, 0) is 13.0 Å². The maximum Gasteiger partial charge on any atom is 0.335 e. The summed E-state index contributed by atoms with van der Waals surface area (Å²) >= 11 is 0. The van der Waals surface area contributed by atoms with Gasteiger partial charge < -0.3 is 14.5 Å². The quantitative estimate of drug-likeness (QED) is 0.902. The second kappa shape index (κ2) is 4.38. The van der Waals surface area contributed by atoms with Crippen molar-refractivity contribution in [2.24, 2.45) is 0 Å². The van der Waals surface area contributed by atoms with Gasteiger partial charge in [-0.1, -0.05) is 11.2 Å². The molecule has 1 aliphatic heterocycles. The van der Waals surface area contributed by atoms with Crippen LogP contribution in [0.4, 0.5) is 5.69 Å². The van der Waals surface area contributed by atoms with E-state index < -0.39 is 5.97 Å². The molecule has 0 spiro atoms. The van der Waals surface area contributed by atoms with Gasteiger partial charge in [0.2, 0.25) is 5.89 Å². The van der Waals surface area contributed by atoms with E-state index in [1.165, 1.54) is 0 Å². The second-order valence-corrected chi connectivity index (χ2v) is 4.55. The lowest BCUT2D eigenvalue weighted by atomic mass is 10.1. The number of nitrogens with zero attached hydrogens (tertiary/aromatic N) is 3. The summed E-state index contributed by atoms with van der Waals surface area (Å²) in [7, 11) is 0. The Labute approximate surface area is 109 Å². The zero-order chi connectivity index (χ0) is 13.4. The predicted octanol–water partition coefficient (Wildman–Crippen LogP) is 1.64. The molecule has 0 fully saturated rings. The van der Waals surface area contributed by atoms with Gasteiger partial charge in [-0.2, -0.15) is 4.98 Å². The van der Waals surface area contributed by atoms with Crippen LogP contribution in [0.15, 0.2) is 22.7 Å². The minimum Gasteiger partial charge on any atom is -0.478 e. The highest BCUT2D eigenvalue weighted by Crippen LogP contribution is 2.30. The first-order valence-corrected chi connectivity index (χ1v) is 6.04. The third-order valence-electron chi connectivity index (χ3n) is 3.23. The fraction of sp³-hybridized carbons (Fsp3) is 0.308. The van der Waals surface area contributed by atoms with Gasteiger partial charge in [-0.15, -0.1) is 0 Å². The van der Waals surface area contributed by atoms with E-state index in [2.05, 4.69) is 15.0 Å². The molecule has 6 nitrogen and oxygen atoms in total. The molecule has 0 radical (unpaired) electrons. The standard InChI is InChI=1S/C13H13N3O3/c1-8-14-12(15-19-8)7-16-5-4-9-2-3-10(13(17)18)6-11(9)16/h2-3,6H,4-5,7H2,1H3,(H,17,18). The molecule has 1 N–H and O–H groups in total. The molecule has 0 atom stereocenters. The molecule has 0 saturated heterocycles. The number of carboxylic acids is 1. The molecule has 0 unspecified atom stereocenters. The molecular weight excluding hydrogens is 246 g/mol. The van der Waals surface area contributed by atoms with Crippen LogP contribution in [-0.4, -0.2) is 27.8 Å². The largest absolute Gasteiger partial charge is 0.478 e. The number of benzene rings is 1. The van der Waals surface area contributed by atoms with Gasteiger partial charge in [0.05, 0.1) is 12.1 Å². The van der Waals surface area contributed by atoms with Gasteiger partial charge in [-0.25, -0.2) is 4.79 Å².